The predicted octanol–water partition coefficient (Wildman–Crippen LogP) is 5.11. The van der Waals surface area contributed by atoms with Crippen LogP contribution in [-0.2, 0) is 9.53 Å². The van der Waals surface area contributed by atoms with E-state index in [2.05, 4.69) is 36.1 Å². The lowest BCUT2D eigenvalue weighted by Gasteiger charge is -2.27. The molecular formula is C23H26ClN3O2S2. The molecule has 0 N–H and O–H groups in total. The summed E-state index contributed by atoms with van der Waals surface area (Å²) >= 11 is 9.42. The molecule has 0 spiro atoms. The highest BCUT2D eigenvalue weighted by Crippen LogP contribution is 2.33. The monoisotopic (exact) mass is 475 g/mol. The Morgan fingerprint density at radius 3 is 2.74 bits per heavy atom. The van der Waals surface area contributed by atoms with Crippen LogP contribution in [0.25, 0.3) is 10.2 Å². The van der Waals surface area contributed by atoms with E-state index in [4.69, 9.17) is 21.3 Å². The van der Waals surface area contributed by atoms with Crippen LogP contribution in [0.1, 0.15) is 12.0 Å². The van der Waals surface area contributed by atoms with Gasteiger partial charge in [-0.2, -0.15) is 0 Å². The van der Waals surface area contributed by atoms with Crippen molar-refractivity contribution in [2.24, 2.45) is 0 Å². The number of aromatic nitrogens is 1. The van der Waals surface area contributed by atoms with Crippen LogP contribution in [0.5, 0.6) is 0 Å². The zero-order chi connectivity index (χ0) is 21.6. The highest BCUT2D eigenvalue weighted by molar-refractivity contribution is 8.00. The number of ether oxygens (including phenoxy) is 1. The molecule has 8 heteroatoms. The summed E-state index contributed by atoms with van der Waals surface area (Å²) in [7, 11) is 0. The van der Waals surface area contributed by atoms with E-state index in [-0.39, 0.29) is 5.91 Å². The SMILES string of the molecule is Cc1ccc(SCC(=O)N(CCCN2CCOCC2)c2nc3c(Cl)cccc3s2)cc1. The first kappa shape index (κ1) is 22.6. The predicted molar refractivity (Wildman–Crippen MR) is 131 cm³/mol. The van der Waals surface area contributed by atoms with Crippen molar-refractivity contribution in [3.8, 4) is 0 Å². The highest BCUT2D eigenvalue weighted by atomic mass is 35.5. The van der Waals surface area contributed by atoms with E-state index in [9.17, 15) is 4.79 Å². The summed E-state index contributed by atoms with van der Waals surface area (Å²) in [5.74, 6) is 0.451. The minimum atomic E-state index is 0.0720. The lowest BCUT2D eigenvalue weighted by molar-refractivity contribution is -0.116. The van der Waals surface area contributed by atoms with Crippen molar-refractivity contribution in [1.82, 2.24) is 9.88 Å². The van der Waals surface area contributed by atoms with Gasteiger partial charge in [0.1, 0.15) is 5.52 Å². The quantitative estimate of drug-likeness (QED) is 0.424. The van der Waals surface area contributed by atoms with Gasteiger partial charge in [-0.05, 0) is 37.6 Å². The van der Waals surface area contributed by atoms with Gasteiger partial charge in [-0.3, -0.25) is 14.6 Å². The second kappa shape index (κ2) is 10.8. The molecule has 2 heterocycles. The molecule has 1 saturated heterocycles. The van der Waals surface area contributed by atoms with Gasteiger partial charge in [0.05, 0.1) is 28.7 Å². The summed E-state index contributed by atoms with van der Waals surface area (Å²) in [4.78, 5) is 23.3. The third-order valence-corrected chi connectivity index (χ3v) is 7.58. The van der Waals surface area contributed by atoms with Gasteiger partial charge in [-0.1, -0.05) is 46.7 Å². The van der Waals surface area contributed by atoms with E-state index < -0.39 is 0 Å². The second-order valence-electron chi connectivity index (χ2n) is 7.54. The number of hydrogen-bond donors (Lipinski definition) is 0. The van der Waals surface area contributed by atoms with Crippen molar-refractivity contribution in [2.75, 3.05) is 50.0 Å². The summed E-state index contributed by atoms with van der Waals surface area (Å²) in [5.41, 5.74) is 1.98. The molecule has 0 unspecified atom stereocenters. The van der Waals surface area contributed by atoms with Crippen LogP contribution in [0.2, 0.25) is 5.02 Å². The maximum Gasteiger partial charge on any atom is 0.239 e. The van der Waals surface area contributed by atoms with Crippen LogP contribution in [-0.4, -0.2) is 60.9 Å². The molecule has 2 aromatic carbocycles. The fourth-order valence-corrected chi connectivity index (χ4v) is 5.56. The molecular weight excluding hydrogens is 450 g/mol. The smallest absolute Gasteiger partial charge is 0.239 e. The van der Waals surface area contributed by atoms with Crippen LogP contribution in [0.3, 0.4) is 0 Å². The molecule has 1 aromatic heterocycles. The number of thioether (sulfide) groups is 1. The van der Waals surface area contributed by atoms with Crippen molar-refractivity contribution in [3.63, 3.8) is 0 Å². The van der Waals surface area contributed by atoms with Crippen molar-refractivity contribution in [3.05, 3.63) is 53.1 Å². The average Bonchev–Trinajstić information content (AvgIpc) is 3.22. The number of thiazole rings is 1. The lowest BCUT2D eigenvalue weighted by atomic mass is 10.2. The fourth-order valence-electron chi connectivity index (χ4n) is 3.48. The molecule has 1 amide bonds. The number of benzene rings is 2. The minimum absolute atomic E-state index is 0.0720. The molecule has 31 heavy (non-hydrogen) atoms. The number of anilines is 1. The van der Waals surface area contributed by atoms with Crippen LogP contribution in [0.4, 0.5) is 5.13 Å². The van der Waals surface area contributed by atoms with Gasteiger partial charge in [0.2, 0.25) is 5.91 Å². The first-order valence-electron chi connectivity index (χ1n) is 10.4. The molecule has 1 aliphatic heterocycles. The number of carbonyl (C=O) groups excluding carboxylic acids is 1. The zero-order valence-electron chi connectivity index (χ0n) is 17.6. The van der Waals surface area contributed by atoms with Crippen molar-refractivity contribution in [1.29, 1.82) is 0 Å². The van der Waals surface area contributed by atoms with Gasteiger partial charge < -0.3 is 4.74 Å². The van der Waals surface area contributed by atoms with Crippen molar-refractivity contribution >= 4 is 56.0 Å². The number of nitrogens with zero attached hydrogens (tertiary/aromatic N) is 3. The standard InChI is InChI=1S/C23H26ClN3O2S2/c1-17-6-8-18(9-7-17)30-16-21(28)27(11-3-10-26-12-14-29-15-13-26)23-25-22-19(24)4-2-5-20(22)31-23/h2,4-9H,3,10-16H2,1H3. The number of para-hydroxylation sites is 1. The minimum Gasteiger partial charge on any atom is -0.379 e. The number of fused-ring (bicyclic) bond motifs is 1. The Kier molecular flexibility index (Phi) is 7.85. The van der Waals surface area contributed by atoms with Crippen molar-refractivity contribution in [2.45, 2.75) is 18.2 Å². The second-order valence-corrected chi connectivity index (χ2v) is 10.0. The molecule has 0 bridgehead atoms. The Morgan fingerprint density at radius 1 is 1.23 bits per heavy atom. The van der Waals surface area contributed by atoms with Crippen LogP contribution in [0, 0.1) is 6.92 Å². The molecule has 0 saturated carbocycles. The summed E-state index contributed by atoms with van der Waals surface area (Å²) in [6, 6.07) is 14.0. The fraction of sp³-hybridized carbons (Fsp3) is 0.391. The topological polar surface area (TPSA) is 45.7 Å². The van der Waals surface area contributed by atoms with Crippen LogP contribution >= 0.6 is 34.7 Å². The number of carbonyl (C=O) groups is 1. The molecule has 5 nitrogen and oxygen atoms in total. The first-order valence-corrected chi connectivity index (χ1v) is 12.6. The summed E-state index contributed by atoms with van der Waals surface area (Å²) in [6.07, 6.45) is 0.893. The van der Waals surface area contributed by atoms with Crippen LogP contribution < -0.4 is 4.90 Å². The van der Waals surface area contributed by atoms with E-state index in [1.807, 2.05) is 23.1 Å². The number of halogens is 1. The molecule has 4 rings (SSSR count). The van der Waals surface area contributed by atoms with E-state index in [0.717, 1.165) is 59.5 Å². The Bertz CT molecular complexity index is 1020. The third kappa shape index (κ3) is 5.99. The average molecular weight is 476 g/mol. The molecule has 0 radical (unpaired) electrons. The molecule has 1 aliphatic rings. The third-order valence-electron chi connectivity index (χ3n) is 5.23. The van der Waals surface area contributed by atoms with Gasteiger partial charge in [0.15, 0.2) is 5.13 Å². The van der Waals surface area contributed by atoms with E-state index in [0.29, 0.717) is 17.3 Å². The Morgan fingerprint density at radius 2 is 2.00 bits per heavy atom. The molecule has 164 valence electrons. The Hall–Kier alpha value is -1.64. The lowest BCUT2D eigenvalue weighted by Crippen LogP contribution is -2.39. The number of rotatable bonds is 8. The van der Waals surface area contributed by atoms with E-state index >= 15 is 0 Å². The highest BCUT2D eigenvalue weighted by Gasteiger charge is 2.21. The first-order chi connectivity index (χ1) is 15.1. The Balaban J connectivity index is 1.47. The summed E-state index contributed by atoms with van der Waals surface area (Å²) < 4.78 is 6.43. The molecule has 1 fully saturated rings. The largest absolute Gasteiger partial charge is 0.379 e. The van der Waals surface area contributed by atoms with Gasteiger partial charge in [-0.15, -0.1) is 11.8 Å². The van der Waals surface area contributed by atoms with Gasteiger partial charge in [0.25, 0.3) is 0 Å². The maximum absolute atomic E-state index is 13.2. The summed E-state index contributed by atoms with van der Waals surface area (Å²) in [6.45, 7) is 7.13. The molecule has 3 aromatic rings. The number of hydrogen-bond acceptors (Lipinski definition) is 6. The van der Waals surface area contributed by atoms with Gasteiger partial charge >= 0.3 is 0 Å². The maximum atomic E-state index is 13.2. The zero-order valence-corrected chi connectivity index (χ0v) is 19.9. The van der Waals surface area contributed by atoms with Gasteiger partial charge in [-0.25, -0.2) is 4.98 Å². The molecule has 0 atom stereocenters. The normalized spacial score (nSPS) is 14.8. The Labute approximate surface area is 196 Å². The summed E-state index contributed by atoms with van der Waals surface area (Å²) in [5, 5.41) is 1.34. The van der Waals surface area contributed by atoms with Gasteiger partial charge in [0, 0.05) is 31.1 Å². The molecule has 0 aliphatic carbocycles. The van der Waals surface area contributed by atoms with Crippen molar-refractivity contribution < 1.29 is 9.53 Å². The van der Waals surface area contributed by atoms with E-state index in [1.165, 1.54) is 16.9 Å². The van der Waals surface area contributed by atoms with E-state index in [1.54, 1.807) is 11.8 Å². The van der Waals surface area contributed by atoms with Crippen LogP contribution in [0.15, 0.2) is 47.4 Å². The number of amides is 1. The number of aryl methyl sites for hydroxylation is 1. The number of morpholine rings is 1.